The van der Waals surface area contributed by atoms with E-state index in [2.05, 4.69) is 20.1 Å². The number of carbonyl (C=O) groups is 1. The maximum atomic E-state index is 13.0. The third-order valence-electron chi connectivity index (χ3n) is 4.63. The Bertz CT molecular complexity index is 1080. The molecule has 1 N–H and O–H groups in total. The summed E-state index contributed by atoms with van der Waals surface area (Å²) in [6.07, 6.45) is 2.11. The van der Waals surface area contributed by atoms with Crippen LogP contribution in [0.3, 0.4) is 0 Å². The summed E-state index contributed by atoms with van der Waals surface area (Å²) in [5.41, 5.74) is 3.08. The molecule has 0 aliphatic heterocycles. The molecule has 28 heavy (non-hydrogen) atoms. The number of aryl methyl sites for hydroxylation is 2. The lowest BCUT2D eigenvalue weighted by Crippen LogP contribution is -2.14. The molecule has 0 radical (unpaired) electrons. The van der Waals surface area contributed by atoms with Crippen molar-refractivity contribution < 1.29 is 18.3 Å². The number of hydrogen-bond acceptors (Lipinski definition) is 4. The van der Waals surface area contributed by atoms with Gasteiger partial charge in [-0.3, -0.25) is 9.48 Å². The molecule has 4 rings (SSSR count). The van der Waals surface area contributed by atoms with Gasteiger partial charge in [0.05, 0.1) is 21.7 Å². The highest BCUT2D eigenvalue weighted by atomic mass is 35.5. The Hall–Kier alpha value is -2.74. The minimum Gasteiger partial charge on any atom is -0.433 e. The molecule has 9 heteroatoms. The average Bonchev–Trinajstić information content (AvgIpc) is 3.43. The minimum atomic E-state index is -2.97. The number of fused-ring (bicyclic) bond motifs is 1. The molecule has 3 aromatic rings. The molecule has 0 atom stereocenters. The highest BCUT2D eigenvalue weighted by molar-refractivity contribution is 6.32. The van der Waals surface area contributed by atoms with Crippen molar-refractivity contribution in [3.63, 3.8) is 0 Å². The second-order valence-electron chi connectivity index (χ2n) is 6.75. The third kappa shape index (κ3) is 3.52. The number of hydrogen-bond donors (Lipinski definition) is 1. The van der Waals surface area contributed by atoms with Crippen molar-refractivity contribution in [2.24, 2.45) is 7.05 Å². The lowest BCUT2D eigenvalue weighted by molar-refractivity contribution is -0.0497. The number of aromatic nitrogens is 3. The van der Waals surface area contributed by atoms with Crippen LogP contribution >= 0.6 is 11.6 Å². The van der Waals surface area contributed by atoms with Gasteiger partial charge in [-0.15, -0.1) is 0 Å². The number of carbonyl (C=O) groups excluding carboxylic acids is 1. The van der Waals surface area contributed by atoms with Crippen molar-refractivity contribution in [2.45, 2.75) is 32.3 Å². The second kappa shape index (κ2) is 7.01. The zero-order valence-electron chi connectivity index (χ0n) is 15.2. The SMILES string of the molecule is Cc1nn(C)c2nc(C3CC3)cc(C(=O)Nc3ccc(OC(F)F)c(Cl)c3)c12. The predicted octanol–water partition coefficient (Wildman–Crippen LogP) is 4.66. The van der Waals surface area contributed by atoms with Gasteiger partial charge in [-0.25, -0.2) is 4.98 Å². The number of rotatable bonds is 5. The van der Waals surface area contributed by atoms with Gasteiger partial charge in [-0.2, -0.15) is 13.9 Å². The highest BCUT2D eigenvalue weighted by Gasteiger charge is 2.28. The van der Waals surface area contributed by atoms with Crippen LogP contribution in [0.2, 0.25) is 5.02 Å². The zero-order valence-corrected chi connectivity index (χ0v) is 15.9. The maximum Gasteiger partial charge on any atom is 0.387 e. The fraction of sp³-hybridized carbons (Fsp3) is 0.316. The van der Waals surface area contributed by atoms with E-state index in [1.165, 1.54) is 18.2 Å². The van der Waals surface area contributed by atoms with Crippen LogP contribution in [0.4, 0.5) is 14.5 Å². The van der Waals surface area contributed by atoms with E-state index in [1.807, 2.05) is 6.92 Å². The Morgan fingerprint density at radius 1 is 1.36 bits per heavy atom. The number of halogens is 3. The van der Waals surface area contributed by atoms with E-state index in [1.54, 1.807) is 17.8 Å². The van der Waals surface area contributed by atoms with Gasteiger partial charge in [0, 0.05) is 24.3 Å². The molecule has 0 spiro atoms. The Kier molecular flexibility index (Phi) is 4.66. The summed E-state index contributed by atoms with van der Waals surface area (Å²) in [5.74, 6) is -0.129. The molecule has 1 saturated carbocycles. The number of benzene rings is 1. The zero-order chi connectivity index (χ0) is 20.0. The van der Waals surface area contributed by atoms with Crippen LogP contribution in [0.1, 0.15) is 40.5 Å². The first-order valence-corrected chi connectivity index (χ1v) is 9.11. The van der Waals surface area contributed by atoms with Crippen molar-refractivity contribution in [1.82, 2.24) is 14.8 Å². The molecule has 2 heterocycles. The molecule has 0 unspecified atom stereocenters. The summed E-state index contributed by atoms with van der Waals surface area (Å²) in [4.78, 5) is 17.7. The van der Waals surface area contributed by atoms with E-state index in [9.17, 15) is 13.6 Å². The summed E-state index contributed by atoms with van der Waals surface area (Å²) in [7, 11) is 1.79. The first kappa shape index (κ1) is 18.6. The molecular formula is C19H17ClF2N4O2. The van der Waals surface area contributed by atoms with Gasteiger partial charge >= 0.3 is 6.61 Å². The number of ether oxygens (including phenoxy) is 1. The normalized spacial score (nSPS) is 13.9. The lowest BCUT2D eigenvalue weighted by atomic mass is 10.1. The van der Waals surface area contributed by atoms with Crippen molar-refractivity contribution in [3.05, 3.63) is 46.2 Å². The van der Waals surface area contributed by atoms with Crippen LogP contribution in [0, 0.1) is 6.92 Å². The standard InChI is InChI=1S/C19H17ClF2N4O2/c1-9-16-12(8-14(10-3-4-10)24-17(16)26(2)25-9)18(27)23-11-5-6-15(13(20)7-11)28-19(21)22/h5-8,10,19H,3-4H2,1-2H3,(H,23,27). The van der Waals surface area contributed by atoms with Crippen LogP contribution in [-0.4, -0.2) is 27.3 Å². The lowest BCUT2D eigenvalue weighted by Gasteiger charge is -2.11. The van der Waals surface area contributed by atoms with Crippen molar-refractivity contribution >= 4 is 34.2 Å². The molecule has 146 valence electrons. The maximum absolute atomic E-state index is 13.0. The van der Waals surface area contributed by atoms with E-state index in [0.717, 1.165) is 18.5 Å². The van der Waals surface area contributed by atoms with Gasteiger partial charge in [0.15, 0.2) is 5.65 Å². The topological polar surface area (TPSA) is 69.0 Å². The first-order valence-electron chi connectivity index (χ1n) is 8.73. The van der Waals surface area contributed by atoms with Crippen molar-refractivity contribution in [2.75, 3.05) is 5.32 Å². The van der Waals surface area contributed by atoms with Gasteiger partial charge in [-0.1, -0.05) is 11.6 Å². The van der Waals surface area contributed by atoms with Gasteiger partial charge in [0.2, 0.25) is 0 Å². The van der Waals surface area contributed by atoms with Crippen LogP contribution < -0.4 is 10.1 Å². The van der Waals surface area contributed by atoms with Crippen molar-refractivity contribution in [3.8, 4) is 5.75 Å². The molecule has 1 fully saturated rings. The van der Waals surface area contributed by atoms with E-state index in [-0.39, 0.29) is 16.7 Å². The van der Waals surface area contributed by atoms with E-state index in [4.69, 9.17) is 11.6 Å². The number of anilines is 1. The summed E-state index contributed by atoms with van der Waals surface area (Å²) in [6, 6.07) is 5.92. The van der Waals surface area contributed by atoms with Crippen LogP contribution in [0.25, 0.3) is 11.0 Å². The Morgan fingerprint density at radius 2 is 2.11 bits per heavy atom. The Balaban J connectivity index is 1.68. The van der Waals surface area contributed by atoms with Crippen LogP contribution in [0.15, 0.2) is 24.3 Å². The summed E-state index contributed by atoms with van der Waals surface area (Å²) >= 11 is 5.97. The molecule has 6 nitrogen and oxygen atoms in total. The van der Waals surface area contributed by atoms with E-state index < -0.39 is 6.61 Å². The molecule has 1 aromatic carbocycles. The fourth-order valence-corrected chi connectivity index (χ4v) is 3.43. The predicted molar refractivity (Wildman–Crippen MR) is 101 cm³/mol. The van der Waals surface area contributed by atoms with E-state index in [0.29, 0.717) is 33.9 Å². The molecule has 2 aromatic heterocycles. The van der Waals surface area contributed by atoms with Gasteiger partial charge < -0.3 is 10.1 Å². The fourth-order valence-electron chi connectivity index (χ4n) is 3.20. The van der Waals surface area contributed by atoms with Crippen LogP contribution in [0.5, 0.6) is 5.75 Å². The average molecular weight is 407 g/mol. The summed E-state index contributed by atoms with van der Waals surface area (Å²) < 4.78 is 30.7. The Morgan fingerprint density at radius 3 is 2.75 bits per heavy atom. The molecule has 0 saturated heterocycles. The van der Waals surface area contributed by atoms with Gasteiger partial charge in [0.25, 0.3) is 5.91 Å². The number of amides is 1. The third-order valence-corrected chi connectivity index (χ3v) is 4.93. The quantitative estimate of drug-likeness (QED) is 0.669. The molecule has 1 aliphatic carbocycles. The Labute approximate surface area is 164 Å². The number of alkyl halides is 2. The summed E-state index contributed by atoms with van der Waals surface area (Å²) in [5, 5.41) is 7.81. The number of nitrogens with zero attached hydrogens (tertiary/aromatic N) is 3. The molecular weight excluding hydrogens is 390 g/mol. The summed E-state index contributed by atoms with van der Waals surface area (Å²) in [6.45, 7) is -1.15. The molecule has 1 amide bonds. The minimum absolute atomic E-state index is 0.0193. The first-order chi connectivity index (χ1) is 13.3. The number of nitrogens with one attached hydrogen (secondary N) is 1. The van der Waals surface area contributed by atoms with Crippen molar-refractivity contribution in [1.29, 1.82) is 0 Å². The van der Waals surface area contributed by atoms with Gasteiger partial charge in [0.1, 0.15) is 5.75 Å². The molecule has 1 aliphatic rings. The highest BCUT2D eigenvalue weighted by Crippen LogP contribution is 2.40. The second-order valence-corrected chi connectivity index (χ2v) is 7.16. The monoisotopic (exact) mass is 406 g/mol. The van der Waals surface area contributed by atoms with Crippen LogP contribution in [-0.2, 0) is 7.05 Å². The van der Waals surface area contributed by atoms with E-state index >= 15 is 0 Å². The largest absolute Gasteiger partial charge is 0.433 e. The number of pyridine rings is 1. The molecule has 0 bridgehead atoms. The smallest absolute Gasteiger partial charge is 0.387 e. The van der Waals surface area contributed by atoms with Gasteiger partial charge in [-0.05, 0) is 44.0 Å².